The normalized spacial score (nSPS) is 18.7. The van der Waals surface area contributed by atoms with E-state index in [1.54, 1.807) is 26.0 Å². The van der Waals surface area contributed by atoms with Gasteiger partial charge in [0.05, 0.1) is 18.8 Å². The summed E-state index contributed by atoms with van der Waals surface area (Å²) in [6.07, 6.45) is 1.76. The van der Waals surface area contributed by atoms with E-state index in [0.717, 1.165) is 10.8 Å². The molecule has 0 aromatic heterocycles. The minimum absolute atomic E-state index is 0.0549. The van der Waals surface area contributed by atoms with Crippen molar-refractivity contribution < 1.29 is 43.0 Å². The molecule has 12 heteroatoms. The Hall–Kier alpha value is -4.16. The summed E-state index contributed by atoms with van der Waals surface area (Å²) in [7, 11) is 1.45. The largest absolute Gasteiger partial charge is 0.504 e. The number of aliphatic imine (C=N–C) groups is 1. The molecule has 1 aromatic rings. The topological polar surface area (TPSA) is 150 Å². The van der Waals surface area contributed by atoms with Gasteiger partial charge < -0.3 is 30.3 Å². The number of aliphatic hydroxyl groups is 2. The van der Waals surface area contributed by atoms with Crippen molar-refractivity contribution in [3.8, 4) is 0 Å². The second-order valence-corrected chi connectivity index (χ2v) is 9.51. The van der Waals surface area contributed by atoms with Gasteiger partial charge in [0, 0.05) is 25.4 Å². The maximum atomic E-state index is 13.5. The molecule has 1 unspecified atom stereocenters. The van der Waals surface area contributed by atoms with Gasteiger partial charge in [-0.3, -0.25) is 9.59 Å². The molecule has 3 aliphatic rings. The number of aliphatic hydroxyl groups excluding tert-OH is 2. The molecule has 3 heterocycles. The van der Waals surface area contributed by atoms with Gasteiger partial charge in [0.15, 0.2) is 17.0 Å². The van der Waals surface area contributed by atoms with E-state index in [2.05, 4.69) is 15.6 Å². The first-order chi connectivity index (χ1) is 18.1. The van der Waals surface area contributed by atoms with Crippen LogP contribution in [-0.2, 0) is 30.3 Å². The highest BCUT2D eigenvalue weighted by atomic mass is 19.1. The number of halogens is 1. The number of methoxy groups -OCH3 is 1. The van der Waals surface area contributed by atoms with E-state index in [1.807, 2.05) is 0 Å². The van der Waals surface area contributed by atoms with Gasteiger partial charge in [-0.15, -0.1) is 4.58 Å². The van der Waals surface area contributed by atoms with Crippen LogP contribution in [0.3, 0.4) is 0 Å². The number of nitrogens with zero attached hydrogens (tertiary/aromatic N) is 2. The Morgan fingerprint density at radius 3 is 2.61 bits per heavy atom. The smallest absolute Gasteiger partial charge is 0.434 e. The van der Waals surface area contributed by atoms with E-state index in [9.17, 15) is 29.0 Å². The molecule has 11 nitrogen and oxygen atoms in total. The molecular weight excluding hydrogens is 499 g/mol. The standard InChI is InChI=1S/C26H27FN4O7/c1-26(2,13-32)30-23(34)17-12-31-20-19(21(33)18(25(31)36)24(35)28-8-9-37-3)29-11-15(22(20)38-17)10-14-4-6-16(27)7-5-14/h4-7,11-12,22,32H,8-10,13H2,1-3H3,(H2-,28,30,33,34,35,36)/p+1. The predicted molar refractivity (Wildman–Crippen MR) is 133 cm³/mol. The summed E-state index contributed by atoms with van der Waals surface area (Å²) in [6.45, 7) is 3.13. The van der Waals surface area contributed by atoms with E-state index in [1.165, 1.54) is 25.4 Å². The van der Waals surface area contributed by atoms with Crippen LogP contribution in [0.1, 0.15) is 19.4 Å². The van der Waals surface area contributed by atoms with Gasteiger partial charge in [-0.1, -0.05) is 12.1 Å². The van der Waals surface area contributed by atoms with Crippen LogP contribution in [0.5, 0.6) is 0 Å². The molecule has 3 amide bonds. The molecule has 0 aliphatic carbocycles. The molecule has 3 aliphatic heterocycles. The predicted octanol–water partition coefficient (Wildman–Crippen LogP) is 0.402. The first-order valence-corrected chi connectivity index (χ1v) is 11.8. The van der Waals surface area contributed by atoms with Crippen LogP contribution >= 0.6 is 0 Å². The van der Waals surface area contributed by atoms with Crippen molar-refractivity contribution in [3.05, 3.63) is 70.7 Å². The third kappa shape index (κ3) is 5.27. The van der Waals surface area contributed by atoms with E-state index < -0.39 is 46.5 Å². The molecule has 0 bridgehead atoms. The van der Waals surface area contributed by atoms with Crippen LogP contribution in [0.4, 0.5) is 4.39 Å². The summed E-state index contributed by atoms with van der Waals surface area (Å²) < 4.78 is 25.4. The molecular formula is C26H28FN4O7+. The molecule has 38 heavy (non-hydrogen) atoms. The van der Waals surface area contributed by atoms with Crippen molar-refractivity contribution in [2.75, 3.05) is 26.9 Å². The molecule has 4 rings (SSSR count). The molecule has 4 N–H and O–H groups in total. The lowest BCUT2D eigenvalue weighted by atomic mass is 9.89. The zero-order chi connectivity index (χ0) is 27.6. The van der Waals surface area contributed by atoms with Gasteiger partial charge in [-0.25, -0.2) is 14.2 Å². The molecule has 0 saturated heterocycles. The lowest BCUT2D eigenvalue weighted by Gasteiger charge is -2.31. The minimum Gasteiger partial charge on any atom is -0.504 e. The van der Waals surface area contributed by atoms with Crippen molar-refractivity contribution in [2.45, 2.75) is 31.9 Å². The first-order valence-electron chi connectivity index (χ1n) is 11.8. The lowest BCUT2D eigenvalue weighted by molar-refractivity contribution is -0.385. The molecule has 0 spiro atoms. The Bertz CT molecular complexity index is 1340. The second kappa shape index (κ2) is 10.7. The quantitative estimate of drug-likeness (QED) is 0.206. The Morgan fingerprint density at radius 1 is 1.24 bits per heavy atom. The number of benzene rings is 1. The highest BCUT2D eigenvalue weighted by Crippen LogP contribution is 2.30. The fourth-order valence-electron chi connectivity index (χ4n) is 4.04. The van der Waals surface area contributed by atoms with Crippen LogP contribution in [0, 0.1) is 5.82 Å². The van der Waals surface area contributed by atoms with Crippen LogP contribution in [0.25, 0.3) is 0 Å². The van der Waals surface area contributed by atoms with Crippen molar-refractivity contribution in [1.29, 1.82) is 0 Å². The maximum Gasteiger partial charge on any atom is 0.434 e. The van der Waals surface area contributed by atoms with Crippen LogP contribution < -0.4 is 10.6 Å². The number of hydrogen-bond acceptors (Lipinski definition) is 8. The van der Waals surface area contributed by atoms with Crippen molar-refractivity contribution in [1.82, 2.24) is 10.6 Å². The Labute approximate surface area is 217 Å². The van der Waals surface area contributed by atoms with Crippen molar-refractivity contribution >= 4 is 29.1 Å². The number of amides is 3. The van der Waals surface area contributed by atoms with Gasteiger partial charge in [0.25, 0.3) is 23.3 Å². The Morgan fingerprint density at radius 2 is 1.95 bits per heavy atom. The summed E-state index contributed by atoms with van der Waals surface area (Å²) in [5, 5.41) is 25.6. The minimum atomic E-state index is -1.03. The third-order valence-electron chi connectivity index (χ3n) is 6.04. The average Bonchev–Trinajstić information content (AvgIpc) is 2.88. The molecule has 200 valence electrons. The van der Waals surface area contributed by atoms with Crippen LogP contribution in [0.15, 0.2) is 64.3 Å². The molecule has 0 saturated carbocycles. The molecule has 1 aromatic carbocycles. The average molecular weight is 528 g/mol. The Balaban J connectivity index is 1.78. The molecule has 1 atom stereocenters. The number of carbonyl (C=O) groups is 3. The fourth-order valence-corrected chi connectivity index (χ4v) is 4.04. The van der Waals surface area contributed by atoms with Crippen molar-refractivity contribution in [3.63, 3.8) is 0 Å². The summed E-state index contributed by atoms with van der Waals surface area (Å²) in [4.78, 5) is 43.7. The highest BCUT2D eigenvalue weighted by Gasteiger charge is 2.52. The Kier molecular flexibility index (Phi) is 7.56. The summed E-state index contributed by atoms with van der Waals surface area (Å²) in [5.41, 5.74) is -0.221. The van der Waals surface area contributed by atoms with Gasteiger partial charge in [0.2, 0.25) is 12.3 Å². The van der Waals surface area contributed by atoms with E-state index in [4.69, 9.17) is 9.47 Å². The van der Waals surface area contributed by atoms with Crippen molar-refractivity contribution in [2.24, 2.45) is 4.99 Å². The van der Waals surface area contributed by atoms with Gasteiger partial charge in [-0.05, 0) is 38.0 Å². The van der Waals surface area contributed by atoms with Gasteiger partial charge >= 0.3 is 5.91 Å². The monoisotopic (exact) mass is 527 g/mol. The lowest BCUT2D eigenvalue weighted by Crippen LogP contribution is -2.53. The summed E-state index contributed by atoms with van der Waals surface area (Å²) in [5.74, 6) is -3.69. The zero-order valence-electron chi connectivity index (χ0n) is 21.1. The highest BCUT2D eigenvalue weighted by molar-refractivity contribution is 6.52. The second-order valence-electron chi connectivity index (χ2n) is 9.51. The third-order valence-corrected chi connectivity index (χ3v) is 6.04. The van der Waals surface area contributed by atoms with E-state index in [-0.39, 0.29) is 43.4 Å². The fraction of sp³-hybridized carbons (Fsp3) is 0.346. The van der Waals surface area contributed by atoms with E-state index in [0.29, 0.717) is 11.1 Å². The number of rotatable bonds is 9. The molecule has 0 fully saturated rings. The number of hydrogen-bond donors (Lipinski definition) is 4. The number of nitrogens with one attached hydrogen (secondary N) is 2. The zero-order valence-corrected chi connectivity index (χ0v) is 21.1. The van der Waals surface area contributed by atoms with E-state index >= 15 is 0 Å². The van der Waals surface area contributed by atoms with Gasteiger partial charge in [-0.2, -0.15) is 0 Å². The number of carbonyl (C=O) groups excluding carboxylic acids is 3. The SMILES string of the molecule is COCCNC(=O)C1=C(O)C2=NC=C(Cc3ccc(F)cc3)C3OC(C(=O)NC(C)(C)CO)=C[N+](=C23)C1=O. The first kappa shape index (κ1) is 26.9. The van der Waals surface area contributed by atoms with Gasteiger partial charge in [0.1, 0.15) is 5.82 Å². The van der Waals surface area contributed by atoms with Crippen LogP contribution in [0.2, 0.25) is 0 Å². The summed E-state index contributed by atoms with van der Waals surface area (Å²) in [6, 6.07) is 5.77. The summed E-state index contributed by atoms with van der Waals surface area (Å²) >= 11 is 0. The number of allylic oxidation sites excluding steroid dienone is 1. The maximum absolute atomic E-state index is 13.5. The number of ether oxygens (including phenoxy) is 2. The van der Waals surface area contributed by atoms with Crippen LogP contribution in [-0.4, -0.2) is 82.4 Å². The molecule has 0 radical (unpaired) electrons.